The second-order valence-corrected chi connectivity index (χ2v) is 4.80. The summed E-state index contributed by atoms with van der Waals surface area (Å²) in [6, 6.07) is 0. The summed E-state index contributed by atoms with van der Waals surface area (Å²) in [6.07, 6.45) is 9.83. The molecule has 0 aromatic carbocycles. The molecule has 3 atom stereocenters. The van der Waals surface area contributed by atoms with Gasteiger partial charge in [-0.25, -0.2) is 0 Å². The molecule has 3 unspecified atom stereocenters. The van der Waals surface area contributed by atoms with E-state index in [-0.39, 0.29) is 6.29 Å². The Labute approximate surface area is 85.3 Å². The Morgan fingerprint density at radius 1 is 1.07 bits per heavy atom. The van der Waals surface area contributed by atoms with E-state index in [1.807, 2.05) is 0 Å². The van der Waals surface area contributed by atoms with E-state index < -0.39 is 0 Å². The van der Waals surface area contributed by atoms with E-state index in [4.69, 9.17) is 9.47 Å². The zero-order valence-electron chi connectivity index (χ0n) is 8.52. The largest absolute Gasteiger partial charge is 0.353 e. The summed E-state index contributed by atoms with van der Waals surface area (Å²) in [5.74, 6) is 2.52. The molecule has 0 aromatic rings. The van der Waals surface area contributed by atoms with Gasteiger partial charge in [-0.2, -0.15) is 0 Å². The summed E-state index contributed by atoms with van der Waals surface area (Å²) in [4.78, 5) is 0. The number of allylic oxidation sites excluding steroid dienone is 2. The quantitative estimate of drug-likeness (QED) is 0.628. The topological polar surface area (TPSA) is 18.5 Å². The maximum Gasteiger partial charge on any atom is 0.157 e. The van der Waals surface area contributed by atoms with Crippen LogP contribution >= 0.6 is 0 Å². The minimum Gasteiger partial charge on any atom is -0.353 e. The first-order valence-corrected chi connectivity index (χ1v) is 5.83. The summed E-state index contributed by atoms with van der Waals surface area (Å²) < 4.78 is 11.2. The van der Waals surface area contributed by atoms with Crippen LogP contribution in [0.3, 0.4) is 0 Å². The van der Waals surface area contributed by atoms with Crippen molar-refractivity contribution in [2.24, 2.45) is 17.8 Å². The minimum absolute atomic E-state index is 0.0986. The monoisotopic (exact) mass is 194 g/mol. The summed E-state index contributed by atoms with van der Waals surface area (Å²) >= 11 is 0. The number of hydrogen-bond donors (Lipinski definition) is 0. The second-order valence-electron chi connectivity index (χ2n) is 4.80. The number of rotatable bonds is 2. The summed E-state index contributed by atoms with van der Waals surface area (Å²) in [6.45, 7) is 1.78. The van der Waals surface area contributed by atoms with Gasteiger partial charge >= 0.3 is 0 Å². The van der Waals surface area contributed by atoms with Crippen LogP contribution in [0.4, 0.5) is 0 Å². The zero-order chi connectivity index (χ0) is 9.38. The lowest BCUT2D eigenvalue weighted by Crippen LogP contribution is -2.28. The smallest absolute Gasteiger partial charge is 0.157 e. The summed E-state index contributed by atoms with van der Waals surface area (Å²) in [7, 11) is 0. The lowest BCUT2D eigenvalue weighted by atomic mass is 9.90. The van der Waals surface area contributed by atoms with E-state index in [1.165, 1.54) is 12.8 Å². The maximum atomic E-state index is 5.60. The molecule has 1 aliphatic heterocycles. The van der Waals surface area contributed by atoms with Gasteiger partial charge in [0.05, 0.1) is 13.2 Å². The van der Waals surface area contributed by atoms with Crippen LogP contribution < -0.4 is 0 Å². The number of fused-ring (bicyclic) bond motifs is 2. The maximum absolute atomic E-state index is 5.60. The molecule has 78 valence electrons. The molecular formula is C12H18O2. The molecule has 2 bridgehead atoms. The van der Waals surface area contributed by atoms with Gasteiger partial charge in [-0.1, -0.05) is 12.2 Å². The molecule has 2 nitrogen and oxygen atoms in total. The highest BCUT2D eigenvalue weighted by Crippen LogP contribution is 2.45. The molecule has 0 N–H and O–H groups in total. The highest BCUT2D eigenvalue weighted by atomic mass is 16.7. The van der Waals surface area contributed by atoms with Gasteiger partial charge in [0, 0.05) is 6.42 Å². The van der Waals surface area contributed by atoms with Crippen LogP contribution in [0.15, 0.2) is 12.2 Å². The van der Waals surface area contributed by atoms with Gasteiger partial charge in [-0.05, 0) is 37.0 Å². The first-order chi connectivity index (χ1) is 6.92. The minimum atomic E-state index is 0.0986. The van der Waals surface area contributed by atoms with Crippen molar-refractivity contribution >= 4 is 0 Å². The standard InChI is InChI=1S/C12H18O2/c1-4-13-12(14-5-1)8-11-7-9-2-3-10(11)6-9/h2-3,9-12H,1,4-8H2. The van der Waals surface area contributed by atoms with E-state index >= 15 is 0 Å². The third-order valence-corrected chi connectivity index (χ3v) is 3.81. The first-order valence-electron chi connectivity index (χ1n) is 5.83. The van der Waals surface area contributed by atoms with Crippen LogP contribution in [0.25, 0.3) is 0 Å². The van der Waals surface area contributed by atoms with Crippen molar-refractivity contribution in [3.05, 3.63) is 12.2 Å². The fraction of sp³-hybridized carbons (Fsp3) is 0.833. The fourth-order valence-corrected chi connectivity index (χ4v) is 3.09. The van der Waals surface area contributed by atoms with Crippen LogP contribution in [-0.4, -0.2) is 19.5 Å². The lowest BCUT2D eigenvalue weighted by molar-refractivity contribution is -0.187. The summed E-state index contributed by atoms with van der Waals surface area (Å²) in [5, 5.41) is 0. The van der Waals surface area contributed by atoms with Crippen molar-refractivity contribution in [3.8, 4) is 0 Å². The van der Waals surface area contributed by atoms with Crippen molar-refractivity contribution in [2.75, 3.05) is 13.2 Å². The van der Waals surface area contributed by atoms with Crippen LogP contribution in [0.5, 0.6) is 0 Å². The predicted molar refractivity (Wildman–Crippen MR) is 53.8 cm³/mol. The van der Waals surface area contributed by atoms with Crippen LogP contribution in [-0.2, 0) is 9.47 Å². The molecule has 3 rings (SSSR count). The molecule has 14 heavy (non-hydrogen) atoms. The highest BCUT2D eigenvalue weighted by Gasteiger charge is 2.37. The third kappa shape index (κ3) is 1.61. The second kappa shape index (κ2) is 3.67. The van der Waals surface area contributed by atoms with Crippen LogP contribution in [0, 0.1) is 17.8 Å². The molecule has 3 aliphatic rings. The lowest BCUT2D eigenvalue weighted by Gasteiger charge is -2.27. The van der Waals surface area contributed by atoms with Gasteiger partial charge in [0.25, 0.3) is 0 Å². The Kier molecular flexibility index (Phi) is 2.34. The molecule has 0 amide bonds. The molecule has 0 spiro atoms. The Morgan fingerprint density at radius 3 is 2.57 bits per heavy atom. The predicted octanol–water partition coefficient (Wildman–Crippen LogP) is 2.35. The Morgan fingerprint density at radius 2 is 1.93 bits per heavy atom. The molecule has 1 heterocycles. The molecule has 0 radical (unpaired) electrons. The molecule has 2 heteroatoms. The molecular weight excluding hydrogens is 176 g/mol. The first kappa shape index (κ1) is 8.93. The van der Waals surface area contributed by atoms with Gasteiger partial charge in [0.2, 0.25) is 0 Å². The molecule has 1 saturated heterocycles. The van der Waals surface area contributed by atoms with Gasteiger partial charge in [0.15, 0.2) is 6.29 Å². The fourth-order valence-electron chi connectivity index (χ4n) is 3.09. The van der Waals surface area contributed by atoms with Gasteiger partial charge in [-0.3, -0.25) is 0 Å². The van der Waals surface area contributed by atoms with Gasteiger partial charge in [-0.15, -0.1) is 0 Å². The summed E-state index contributed by atoms with van der Waals surface area (Å²) in [5.41, 5.74) is 0. The van der Waals surface area contributed by atoms with Crippen molar-refractivity contribution in [3.63, 3.8) is 0 Å². The van der Waals surface area contributed by atoms with E-state index in [0.717, 1.165) is 43.8 Å². The SMILES string of the molecule is C1=CC2CC1CC2CC1OCCCO1. The molecule has 0 aromatic heterocycles. The average Bonchev–Trinajstić information content (AvgIpc) is 2.81. The third-order valence-electron chi connectivity index (χ3n) is 3.81. The van der Waals surface area contributed by atoms with E-state index in [2.05, 4.69) is 12.2 Å². The Balaban J connectivity index is 1.54. The number of hydrogen-bond acceptors (Lipinski definition) is 2. The van der Waals surface area contributed by atoms with E-state index in [0.29, 0.717) is 0 Å². The van der Waals surface area contributed by atoms with Crippen molar-refractivity contribution in [1.29, 1.82) is 0 Å². The molecule has 1 saturated carbocycles. The van der Waals surface area contributed by atoms with Crippen molar-refractivity contribution in [2.45, 2.75) is 32.0 Å². The number of ether oxygens (including phenoxy) is 2. The van der Waals surface area contributed by atoms with Crippen molar-refractivity contribution in [1.82, 2.24) is 0 Å². The molecule has 2 aliphatic carbocycles. The highest BCUT2D eigenvalue weighted by molar-refractivity contribution is 5.10. The van der Waals surface area contributed by atoms with Crippen LogP contribution in [0.2, 0.25) is 0 Å². The normalized spacial score (nSPS) is 42.1. The van der Waals surface area contributed by atoms with Crippen LogP contribution in [0.1, 0.15) is 25.7 Å². The molecule has 2 fully saturated rings. The van der Waals surface area contributed by atoms with E-state index in [1.54, 1.807) is 0 Å². The Hall–Kier alpha value is -0.340. The van der Waals surface area contributed by atoms with Gasteiger partial charge in [0.1, 0.15) is 0 Å². The average molecular weight is 194 g/mol. The van der Waals surface area contributed by atoms with Crippen molar-refractivity contribution < 1.29 is 9.47 Å². The van der Waals surface area contributed by atoms with Gasteiger partial charge < -0.3 is 9.47 Å². The zero-order valence-corrected chi connectivity index (χ0v) is 8.52. The Bertz CT molecular complexity index is 230. The van der Waals surface area contributed by atoms with E-state index in [9.17, 15) is 0 Å².